The Balaban J connectivity index is 1.87. The van der Waals surface area contributed by atoms with Gasteiger partial charge < -0.3 is 14.8 Å². The quantitative estimate of drug-likeness (QED) is 0.779. The number of nitrogens with zero attached hydrogens (tertiary/aromatic N) is 2. The summed E-state index contributed by atoms with van der Waals surface area (Å²) in [5.74, 6) is 1.53. The van der Waals surface area contributed by atoms with Gasteiger partial charge in [-0.3, -0.25) is 0 Å². The third-order valence-corrected chi connectivity index (χ3v) is 5.13. The first-order chi connectivity index (χ1) is 12.9. The Bertz CT molecular complexity index is 983. The molecule has 0 atom stereocenters. The van der Waals surface area contributed by atoms with Crippen molar-refractivity contribution >= 4 is 9.84 Å². The van der Waals surface area contributed by atoms with Crippen molar-refractivity contribution in [2.75, 3.05) is 19.3 Å². The summed E-state index contributed by atoms with van der Waals surface area (Å²) in [6, 6.07) is 3.34. The number of hydrogen-bond acceptors (Lipinski definition) is 7. The summed E-state index contributed by atoms with van der Waals surface area (Å²) >= 11 is 0. The minimum Gasteiger partial charge on any atom is -0.473 e. The molecule has 2 aromatic rings. The van der Waals surface area contributed by atoms with Crippen LogP contribution in [-0.4, -0.2) is 43.8 Å². The van der Waals surface area contributed by atoms with E-state index in [4.69, 9.17) is 15.9 Å². The zero-order chi connectivity index (χ0) is 19.4. The molecule has 7 nitrogen and oxygen atoms in total. The molecule has 0 bridgehead atoms. The molecule has 1 aromatic carbocycles. The molecule has 1 N–H and O–H groups in total. The third-order valence-electron chi connectivity index (χ3n) is 4.02. The normalized spacial score (nSPS) is 15.1. The van der Waals surface area contributed by atoms with Crippen molar-refractivity contribution in [3.05, 3.63) is 35.9 Å². The molecular formula is C18H18FN3O4S. The van der Waals surface area contributed by atoms with Gasteiger partial charge in [0.25, 0.3) is 0 Å². The van der Waals surface area contributed by atoms with Gasteiger partial charge in [0.2, 0.25) is 11.8 Å². The van der Waals surface area contributed by atoms with E-state index in [-0.39, 0.29) is 34.1 Å². The van der Waals surface area contributed by atoms with E-state index in [1.165, 1.54) is 18.5 Å². The maximum Gasteiger partial charge on any atom is 0.242 e. The van der Waals surface area contributed by atoms with Crippen LogP contribution in [0.5, 0.6) is 17.5 Å². The number of aromatic nitrogens is 2. The maximum absolute atomic E-state index is 14.3. The summed E-state index contributed by atoms with van der Waals surface area (Å²) in [4.78, 5) is 7.87. The van der Waals surface area contributed by atoms with Crippen LogP contribution in [0.2, 0.25) is 0 Å². The molecule has 1 aliphatic heterocycles. The highest BCUT2D eigenvalue weighted by atomic mass is 32.2. The predicted octanol–water partition coefficient (Wildman–Crippen LogP) is 1.92. The van der Waals surface area contributed by atoms with E-state index in [1.54, 1.807) is 0 Å². The number of terminal acetylenes is 1. The average Bonchev–Trinajstić information content (AvgIpc) is 2.63. The second-order valence-corrected chi connectivity index (χ2v) is 8.05. The molecule has 0 saturated carbocycles. The minimum atomic E-state index is -3.53. The lowest BCUT2D eigenvalue weighted by Crippen LogP contribution is -2.34. The number of sulfone groups is 1. The van der Waals surface area contributed by atoms with Crippen molar-refractivity contribution < 1.29 is 22.3 Å². The van der Waals surface area contributed by atoms with E-state index in [2.05, 4.69) is 21.2 Å². The van der Waals surface area contributed by atoms with Gasteiger partial charge in [0.15, 0.2) is 21.4 Å². The summed E-state index contributed by atoms with van der Waals surface area (Å²) in [7, 11) is -3.53. The van der Waals surface area contributed by atoms with Crippen molar-refractivity contribution in [2.45, 2.75) is 23.8 Å². The van der Waals surface area contributed by atoms with Crippen LogP contribution in [0.15, 0.2) is 29.4 Å². The van der Waals surface area contributed by atoms with E-state index in [0.29, 0.717) is 0 Å². The highest BCUT2D eigenvalue weighted by Crippen LogP contribution is 2.31. The van der Waals surface area contributed by atoms with Gasteiger partial charge in [-0.05, 0) is 44.1 Å². The van der Waals surface area contributed by atoms with Crippen molar-refractivity contribution in [1.29, 1.82) is 0 Å². The van der Waals surface area contributed by atoms with E-state index >= 15 is 0 Å². The number of rotatable bonds is 5. The first-order valence-electron chi connectivity index (χ1n) is 8.25. The van der Waals surface area contributed by atoms with Crippen LogP contribution in [0.25, 0.3) is 0 Å². The lowest BCUT2D eigenvalue weighted by atomic mass is 10.1. The van der Waals surface area contributed by atoms with Gasteiger partial charge in [0, 0.05) is 6.26 Å². The van der Waals surface area contributed by atoms with Crippen molar-refractivity contribution in [3.8, 4) is 29.9 Å². The Kier molecular flexibility index (Phi) is 5.58. The maximum atomic E-state index is 14.3. The molecule has 3 rings (SSSR count). The molecule has 1 aromatic heterocycles. The van der Waals surface area contributed by atoms with Gasteiger partial charge in [-0.2, -0.15) is 0 Å². The number of benzene rings is 1. The van der Waals surface area contributed by atoms with E-state index < -0.39 is 15.7 Å². The highest BCUT2D eigenvalue weighted by molar-refractivity contribution is 7.90. The fourth-order valence-electron chi connectivity index (χ4n) is 2.61. The lowest BCUT2D eigenvalue weighted by Gasteiger charge is -2.23. The summed E-state index contributed by atoms with van der Waals surface area (Å²) < 4.78 is 48.6. The van der Waals surface area contributed by atoms with Crippen molar-refractivity contribution in [3.63, 3.8) is 0 Å². The number of halogens is 1. The van der Waals surface area contributed by atoms with Crippen LogP contribution in [0.4, 0.5) is 4.39 Å². The highest BCUT2D eigenvalue weighted by Gasteiger charge is 2.20. The van der Waals surface area contributed by atoms with E-state index in [9.17, 15) is 12.8 Å². The first-order valence-corrected chi connectivity index (χ1v) is 10.1. The topological polar surface area (TPSA) is 90.4 Å². The molecule has 0 radical (unpaired) electrons. The van der Waals surface area contributed by atoms with Gasteiger partial charge in [-0.1, -0.05) is 5.92 Å². The molecule has 0 unspecified atom stereocenters. The minimum absolute atomic E-state index is 0.0353. The lowest BCUT2D eigenvalue weighted by molar-refractivity contribution is 0.154. The number of ether oxygens (including phenoxy) is 2. The van der Waals surface area contributed by atoms with Crippen molar-refractivity contribution in [1.82, 2.24) is 15.3 Å². The zero-order valence-electron chi connectivity index (χ0n) is 14.6. The zero-order valence-corrected chi connectivity index (χ0v) is 15.4. The Labute approximate surface area is 156 Å². The smallest absolute Gasteiger partial charge is 0.242 e. The number of nitrogens with one attached hydrogen (secondary N) is 1. The van der Waals surface area contributed by atoms with Crippen molar-refractivity contribution in [2.24, 2.45) is 0 Å². The first kappa shape index (κ1) is 19.1. The number of hydrogen-bond donors (Lipinski definition) is 1. The van der Waals surface area contributed by atoms with Crippen LogP contribution in [0.1, 0.15) is 18.4 Å². The molecule has 2 heterocycles. The summed E-state index contributed by atoms with van der Waals surface area (Å²) in [6.07, 6.45) is 9.35. The predicted molar refractivity (Wildman–Crippen MR) is 96.1 cm³/mol. The Morgan fingerprint density at radius 2 is 1.96 bits per heavy atom. The van der Waals surface area contributed by atoms with E-state index in [0.717, 1.165) is 38.3 Å². The monoisotopic (exact) mass is 391 g/mol. The third kappa shape index (κ3) is 4.53. The summed E-state index contributed by atoms with van der Waals surface area (Å²) in [5, 5.41) is 3.23. The molecule has 1 aliphatic rings. The second kappa shape index (κ2) is 7.90. The average molecular weight is 391 g/mol. The molecule has 142 valence electrons. The molecule has 27 heavy (non-hydrogen) atoms. The standard InChI is InChI=1S/C18H18FN3O4S/c1-3-14-17(25-12-6-8-20-9-7-12)21-11-22-18(14)26-16-5-4-13(10-15(16)19)27(2,23)24/h1,4-5,10-12,20H,6-9H2,2H3. The Morgan fingerprint density at radius 3 is 2.59 bits per heavy atom. The van der Waals surface area contributed by atoms with E-state index in [1.807, 2.05) is 0 Å². The number of piperidine rings is 1. The molecule has 1 saturated heterocycles. The van der Waals surface area contributed by atoms with Crippen LogP contribution in [0, 0.1) is 18.2 Å². The van der Waals surface area contributed by atoms with Crippen LogP contribution in [-0.2, 0) is 9.84 Å². The van der Waals surface area contributed by atoms with Crippen LogP contribution >= 0.6 is 0 Å². The van der Waals surface area contributed by atoms with Crippen LogP contribution in [0.3, 0.4) is 0 Å². The molecule has 9 heteroatoms. The Hall–Kier alpha value is -2.70. The fourth-order valence-corrected chi connectivity index (χ4v) is 3.25. The molecule has 0 aliphatic carbocycles. The second-order valence-electron chi connectivity index (χ2n) is 6.04. The largest absolute Gasteiger partial charge is 0.473 e. The fraction of sp³-hybridized carbons (Fsp3) is 0.333. The molecule has 0 spiro atoms. The molecular weight excluding hydrogens is 373 g/mol. The summed E-state index contributed by atoms with van der Waals surface area (Å²) in [5.41, 5.74) is 0.169. The SMILES string of the molecule is C#Cc1c(Oc2ccc(S(C)(=O)=O)cc2F)ncnc1OC1CCNCC1. The van der Waals surface area contributed by atoms with Gasteiger partial charge in [0.1, 0.15) is 18.0 Å². The van der Waals surface area contributed by atoms with Crippen LogP contribution < -0.4 is 14.8 Å². The van der Waals surface area contributed by atoms with Gasteiger partial charge in [-0.15, -0.1) is 6.42 Å². The Morgan fingerprint density at radius 1 is 1.26 bits per heavy atom. The van der Waals surface area contributed by atoms with Gasteiger partial charge in [0.05, 0.1) is 4.90 Å². The van der Waals surface area contributed by atoms with Gasteiger partial charge >= 0.3 is 0 Å². The summed E-state index contributed by atoms with van der Waals surface area (Å²) in [6.45, 7) is 1.67. The molecule has 0 amide bonds. The molecule has 1 fully saturated rings. The van der Waals surface area contributed by atoms with Gasteiger partial charge in [-0.25, -0.2) is 22.8 Å².